The molecule has 5 rings (SSSR count). The van der Waals surface area contributed by atoms with Crippen LogP contribution in [0.4, 0.5) is 18.9 Å². The van der Waals surface area contributed by atoms with E-state index < -0.39 is 11.7 Å². The Bertz CT molecular complexity index is 1450. The number of anilines is 1. The maximum Gasteiger partial charge on any atom is 0.416 e. The minimum Gasteiger partial charge on any atom is -0.461 e. The van der Waals surface area contributed by atoms with Gasteiger partial charge in [-0.05, 0) is 60.2 Å². The standard InChI is InChI=1S/C30H25F3N2O4/c31-30(32,33)24-10-6-22(7-11-24)29(37)35-15-14-26-23(17-35)16-27(39-26)21-8-12-25(13-9-21)34-28(36)19-38-18-20-4-2-1-3-5-20/h1-13,16H,14-15,17-19H2,(H,34,36). The number of carbonyl (C=O) groups is 2. The van der Waals surface area contributed by atoms with E-state index in [1.54, 1.807) is 17.0 Å². The van der Waals surface area contributed by atoms with Crippen LogP contribution in [-0.4, -0.2) is 29.9 Å². The first-order chi connectivity index (χ1) is 18.8. The van der Waals surface area contributed by atoms with Crippen LogP contribution >= 0.6 is 0 Å². The van der Waals surface area contributed by atoms with Crippen molar-refractivity contribution in [3.63, 3.8) is 0 Å². The zero-order valence-electron chi connectivity index (χ0n) is 20.8. The van der Waals surface area contributed by atoms with Gasteiger partial charge < -0.3 is 19.4 Å². The molecule has 2 heterocycles. The smallest absolute Gasteiger partial charge is 0.416 e. The monoisotopic (exact) mass is 534 g/mol. The fourth-order valence-electron chi connectivity index (χ4n) is 4.38. The Labute approximate surface area is 223 Å². The quantitative estimate of drug-likeness (QED) is 0.301. The van der Waals surface area contributed by atoms with Gasteiger partial charge in [-0.1, -0.05) is 30.3 Å². The van der Waals surface area contributed by atoms with E-state index in [4.69, 9.17) is 9.15 Å². The molecule has 0 bridgehead atoms. The van der Waals surface area contributed by atoms with E-state index in [1.165, 1.54) is 12.1 Å². The summed E-state index contributed by atoms with van der Waals surface area (Å²) in [5, 5.41) is 2.80. The largest absolute Gasteiger partial charge is 0.461 e. The molecule has 0 radical (unpaired) electrons. The number of benzene rings is 3. The van der Waals surface area contributed by atoms with Gasteiger partial charge in [0.15, 0.2) is 0 Å². The van der Waals surface area contributed by atoms with Crippen molar-refractivity contribution < 1.29 is 31.9 Å². The van der Waals surface area contributed by atoms with Crippen LogP contribution in [0.25, 0.3) is 11.3 Å². The highest BCUT2D eigenvalue weighted by Crippen LogP contribution is 2.32. The van der Waals surface area contributed by atoms with Gasteiger partial charge in [0.05, 0.1) is 12.2 Å². The van der Waals surface area contributed by atoms with Crippen LogP contribution in [0.1, 0.15) is 32.8 Å². The van der Waals surface area contributed by atoms with Gasteiger partial charge in [-0.3, -0.25) is 9.59 Å². The van der Waals surface area contributed by atoms with Crippen LogP contribution in [0.5, 0.6) is 0 Å². The number of rotatable bonds is 7. The minimum absolute atomic E-state index is 0.0662. The lowest BCUT2D eigenvalue weighted by Crippen LogP contribution is -2.35. The number of hydrogen-bond donors (Lipinski definition) is 1. The summed E-state index contributed by atoms with van der Waals surface area (Å²) in [5.74, 6) is 0.817. The Morgan fingerprint density at radius 2 is 1.67 bits per heavy atom. The second-order valence-corrected chi connectivity index (χ2v) is 9.21. The molecule has 1 aliphatic rings. The fourth-order valence-corrected chi connectivity index (χ4v) is 4.38. The molecule has 2 amide bonds. The van der Waals surface area contributed by atoms with Crippen LogP contribution < -0.4 is 5.32 Å². The second-order valence-electron chi connectivity index (χ2n) is 9.21. The summed E-state index contributed by atoms with van der Waals surface area (Å²) in [5.41, 5.74) is 2.69. The number of amides is 2. The average molecular weight is 535 g/mol. The summed E-state index contributed by atoms with van der Waals surface area (Å²) in [6, 6.07) is 22.9. The number of ether oxygens (including phenoxy) is 1. The Morgan fingerprint density at radius 3 is 2.36 bits per heavy atom. The predicted molar refractivity (Wildman–Crippen MR) is 139 cm³/mol. The van der Waals surface area contributed by atoms with Gasteiger partial charge in [-0.2, -0.15) is 13.2 Å². The summed E-state index contributed by atoms with van der Waals surface area (Å²) >= 11 is 0. The summed E-state index contributed by atoms with van der Waals surface area (Å²) in [7, 11) is 0. The number of carbonyl (C=O) groups excluding carboxylic acids is 2. The molecular weight excluding hydrogens is 509 g/mol. The Kier molecular flexibility index (Phi) is 7.51. The van der Waals surface area contributed by atoms with Gasteiger partial charge in [0, 0.05) is 41.9 Å². The Morgan fingerprint density at radius 1 is 0.949 bits per heavy atom. The van der Waals surface area contributed by atoms with Crippen molar-refractivity contribution in [3.05, 3.63) is 113 Å². The van der Waals surface area contributed by atoms with E-state index in [-0.39, 0.29) is 24.0 Å². The van der Waals surface area contributed by atoms with Gasteiger partial charge in [-0.25, -0.2) is 0 Å². The van der Waals surface area contributed by atoms with Crippen molar-refractivity contribution in [2.75, 3.05) is 18.5 Å². The lowest BCUT2D eigenvalue weighted by molar-refractivity contribution is -0.137. The highest BCUT2D eigenvalue weighted by molar-refractivity contribution is 5.94. The highest BCUT2D eigenvalue weighted by atomic mass is 19.4. The fraction of sp³-hybridized carbons (Fsp3) is 0.200. The third-order valence-electron chi connectivity index (χ3n) is 6.41. The summed E-state index contributed by atoms with van der Waals surface area (Å²) < 4.78 is 50.0. The topological polar surface area (TPSA) is 71.8 Å². The maximum absolute atomic E-state index is 12.9. The SMILES string of the molecule is O=C(COCc1ccccc1)Nc1ccc(-c2cc3c(o2)CCN(C(=O)c2ccc(C(F)(F)F)cc2)C3)cc1. The molecule has 200 valence electrons. The lowest BCUT2D eigenvalue weighted by Gasteiger charge is -2.26. The van der Waals surface area contributed by atoms with Gasteiger partial charge in [0.1, 0.15) is 18.1 Å². The molecule has 0 saturated heterocycles. The van der Waals surface area contributed by atoms with Crippen molar-refractivity contribution >= 4 is 17.5 Å². The molecule has 0 fully saturated rings. The van der Waals surface area contributed by atoms with Crippen LogP contribution in [0.2, 0.25) is 0 Å². The zero-order valence-corrected chi connectivity index (χ0v) is 20.8. The van der Waals surface area contributed by atoms with Crippen LogP contribution in [0, 0.1) is 0 Å². The van der Waals surface area contributed by atoms with Gasteiger partial charge in [0.2, 0.25) is 5.91 Å². The molecule has 39 heavy (non-hydrogen) atoms. The number of alkyl halides is 3. The average Bonchev–Trinajstić information content (AvgIpc) is 3.37. The molecular formula is C30H25F3N2O4. The van der Waals surface area contributed by atoms with E-state index in [2.05, 4.69) is 5.32 Å². The Balaban J connectivity index is 1.17. The van der Waals surface area contributed by atoms with Crippen LogP contribution in [-0.2, 0) is 35.3 Å². The molecule has 4 aromatic rings. The molecule has 0 aliphatic carbocycles. The van der Waals surface area contributed by atoms with Crippen molar-refractivity contribution in [1.29, 1.82) is 0 Å². The number of nitrogens with zero attached hydrogens (tertiary/aromatic N) is 1. The third kappa shape index (κ3) is 6.38. The Hall–Kier alpha value is -4.37. The number of fused-ring (bicyclic) bond motifs is 1. The third-order valence-corrected chi connectivity index (χ3v) is 6.41. The number of halogens is 3. The van der Waals surface area contributed by atoms with Crippen LogP contribution in [0.3, 0.4) is 0 Å². The van der Waals surface area contributed by atoms with Crippen molar-refractivity contribution in [3.8, 4) is 11.3 Å². The normalized spacial score (nSPS) is 13.2. The van der Waals surface area contributed by atoms with Crippen molar-refractivity contribution in [1.82, 2.24) is 4.90 Å². The second kappa shape index (κ2) is 11.2. The maximum atomic E-state index is 12.9. The molecule has 6 nitrogen and oxygen atoms in total. The van der Waals surface area contributed by atoms with Gasteiger partial charge >= 0.3 is 6.18 Å². The highest BCUT2D eigenvalue weighted by Gasteiger charge is 2.31. The van der Waals surface area contributed by atoms with Crippen LogP contribution in [0.15, 0.2) is 89.3 Å². The number of furan rings is 1. The molecule has 1 aliphatic heterocycles. The van der Waals surface area contributed by atoms with E-state index >= 15 is 0 Å². The molecule has 1 N–H and O–H groups in total. The number of nitrogens with one attached hydrogen (secondary N) is 1. The van der Waals surface area contributed by atoms with Crippen molar-refractivity contribution in [2.24, 2.45) is 0 Å². The van der Waals surface area contributed by atoms with Crippen molar-refractivity contribution in [2.45, 2.75) is 25.7 Å². The van der Waals surface area contributed by atoms with Gasteiger partial charge in [-0.15, -0.1) is 0 Å². The lowest BCUT2D eigenvalue weighted by atomic mass is 10.1. The first kappa shape index (κ1) is 26.2. The van der Waals surface area contributed by atoms with E-state index in [0.29, 0.717) is 37.6 Å². The van der Waals surface area contributed by atoms with Gasteiger partial charge in [0.25, 0.3) is 5.91 Å². The molecule has 9 heteroatoms. The van der Waals surface area contributed by atoms with E-state index in [9.17, 15) is 22.8 Å². The summed E-state index contributed by atoms with van der Waals surface area (Å²) in [4.78, 5) is 26.7. The first-order valence-corrected chi connectivity index (χ1v) is 12.4. The molecule has 1 aromatic heterocycles. The minimum atomic E-state index is -4.45. The predicted octanol–water partition coefficient (Wildman–Crippen LogP) is 6.32. The zero-order chi connectivity index (χ0) is 27.4. The summed E-state index contributed by atoms with van der Waals surface area (Å²) in [6.07, 6.45) is -3.95. The molecule has 0 atom stereocenters. The van der Waals surface area contributed by atoms with E-state index in [1.807, 2.05) is 48.5 Å². The van der Waals surface area contributed by atoms with E-state index in [0.717, 1.165) is 34.6 Å². The molecule has 0 unspecified atom stereocenters. The molecule has 3 aromatic carbocycles. The number of hydrogen-bond acceptors (Lipinski definition) is 4. The molecule has 0 spiro atoms. The first-order valence-electron chi connectivity index (χ1n) is 12.4. The molecule has 0 saturated carbocycles. The summed E-state index contributed by atoms with van der Waals surface area (Å²) in [6.45, 7) is 0.986.